The van der Waals surface area contributed by atoms with Gasteiger partial charge in [-0.25, -0.2) is 9.78 Å². The Kier molecular flexibility index (Phi) is 4.18. The minimum Gasteiger partial charge on any atom is -0.478 e. The van der Waals surface area contributed by atoms with E-state index in [1.54, 1.807) is 18.3 Å². The molecule has 4 heteroatoms. The van der Waals surface area contributed by atoms with Gasteiger partial charge in [0.2, 0.25) is 0 Å². The number of pyridine rings is 1. The van der Waals surface area contributed by atoms with Crippen LogP contribution in [-0.4, -0.2) is 29.1 Å². The number of rotatable bonds is 5. The van der Waals surface area contributed by atoms with E-state index in [1.165, 1.54) is 25.7 Å². The molecule has 98 valence electrons. The fourth-order valence-electron chi connectivity index (χ4n) is 2.69. The van der Waals surface area contributed by atoms with E-state index in [4.69, 9.17) is 0 Å². The van der Waals surface area contributed by atoms with Crippen LogP contribution in [0.4, 0.5) is 5.82 Å². The van der Waals surface area contributed by atoms with Crippen LogP contribution in [0.3, 0.4) is 0 Å². The number of nitrogens with zero attached hydrogens (tertiary/aromatic N) is 2. The molecular formula is C14H20N2O2. The first kappa shape index (κ1) is 12.9. The average Bonchev–Trinajstić information content (AvgIpc) is 2.88. The van der Waals surface area contributed by atoms with Crippen molar-refractivity contribution in [1.82, 2.24) is 4.98 Å². The van der Waals surface area contributed by atoms with Gasteiger partial charge in [0.1, 0.15) is 11.4 Å². The van der Waals surface area contributed by atoms with Crippen LogP contribution in [0, 0.1) is 5.92 Å². The van der Waals surface area contributed by atoms with Crippen molar-refractivity contribution >= 4 is 11.8 Å². The molecule has 0 radical (unpaired) electrons. The Balaban J connectivity index is 2.18. The van der Waals surface area contributed by atoms with E-state index in [-0.39, 0.29) is 0 Å². The summed E-state index contributed by atoms with van der Waals surface area (Å²) >= 11 is 0. The summed E-state index contributed by atoms with van der Waals surface area (Å²) in [5.41, 5.74) is 0.303. The summed E-state index contributed by atoms with van der Waals surface area (Å²) in [6, 6.07) is 3.30. The fourth-order valence-corrected chi connectivity index (χ4v) is 2.69. The third kappa shape index (κ3) is 2.81. The van der Waals surface area contributed by atoms with E-state index in [0.717, 1.165) is 13.1 Å². The molecule has 0 aliphatic heterocycles. The van der Waals surface area contributed by atoms with Crippen LogP contribution < -0.4 is 4.90 Å². The second-order valence-corrected chi connectivity index (χ2v) is 4.87. The maximum absolute atomic E-state index is 11.2. The van der Waals surface area contributed by atoms with Crippen molar-refractivity contribution in [1.29, 1.82) is 0 Å². The van der Waals surface area contributed by atoms with Crippen molar-refractivity contribution in [3.8, 4) is 0 Å². The van der Waals surface area contributed by atoms with Crippen molar-refractivity contribution in [3.63, 3.8) is 0 Å². The van der Waals surface area contributed by atoms with Crippen LogP contribution in [0.1, 0.15) is 43.0 Å². The van der Waals surface area contributed by atoms with Gasteiger partial charge >= 0.3 is 5.97 Å². The smallest absolute Gasteiger partial charge is 0.339 e. The highest BCUT2D eigenvalue weighted by atomic mass is 16.4. The number of anilines is 1. The van der Waals surface area contributed by atoms with E-state index in [9.17, 15) is 9.90 Å². The zero-order chi connectivity index (χ0) is 13.0. The molecule has 1 fully saturated rings. The molecule has 1 aromatic rings. The number of aromatic nitrogens is 1. The lowest BCUT2D eigenvalue weighted by atomic mass is 10.1. The molecule has 1 saturated carbocycles. The van der Waals surface area contributed by atoms with Gasteiger partial charge < -0.3 is 10.0 Å². The molecule has 0 amide bonds. The first-order valence-electron chi connectivity index (χ1n) is 6.65. The molecule has 1 aromatic heterocycles. The van der Waals surface area contributed by atoms with E-state index in [1.807, 2.05) is 0 Å². The van der Waals surface area contributed by atoms with Crippen LogP contribution in [0.25, 0.3) is 0 Å². The molecule has 2 rings (SSSR count). The first-order valence-corrected chi connectivity index (χ1v) is 6.65. The molecule has 0 bridgehead atoms. The monoisotopic (exact) mass is 248 g/mol. The Morgan fingerprint density at radius 2 is 2.22 bits per heavy atom. The van der Waals surface area contributed by atoms with E-state index >= 15 is 0 Å². The quantitative estimate of drug-likeness (QED) is 0.870. The van der Waals surface area contributed by atoms with Gasteiger partial charge in [0.05, 0.1) is 0 Å². The number of carbonyl (C=O) groups is 1. The molecular weight excluding hydrogens is 228 g/mol. The topological polar surface area (TPSA) is 53.4 Å². The molecule has 1 heterocycles. The van der Waals surface area contributed by atoms with Gasteiger partial charge in [-0.2, -0.15) is 0 Å². The van der Waals surface area contributed by atoms with Crippen molar-refractivity contribution < 1.29 is 9.90 Å². The molecule has 0 aromatic carbocycles. The third-order valence-corrected chi connectivity index (χ3v) is 3.65. The van der Waals surface area contributed by atoms with E-state index in [0.29, 0.717) is 17.3 Å². The molecule has 1 N–H and O–H groups in total. The van der Waals surface area contributed by atoms with E-state index in [2.05, 4.69) is 16.8 Å². The summed E-state index contributed by atoms with van der Waals surface area (Å²) in [5.74, 6) is 0.399. The van der Waals surface area contributed by atoms with Crippen molar-refractivity contribution in [2.24, 2.45) is 5.92 Å². The minimum absolute atomic E-state index is 0.303. The second-order valence-electron chi connectivity index (χ2n) is 4.87. The number of carboxylic acids is 1. The lowest BCUT2D eigenvalue weighted by Gasteiger charge is -2.26. The summed E-state index contributed by atoms with van der Waals surface area (Å²) in [7, 11) is 0. The van der Waals surface area contributed by atoms with Gasteiger partial charge in [-0.15, -0.1) is 0 Å². The Morgan fingerprint density at radius 1 is 1.50 bits per heavy atom. The number of hydrogen-bond acceptors (Lipinski definition) is 3. The third-order valence-electron chi connectivity index (χ3n) is 3.65. The molecule has 0 unspecified atom stereocenters. The number of carboxylic acid groups (broad SMARTS) is 1. The Hall–Kier alpha value is -1.58. The van der Waals surface area contributed by atoms with Crippen molar-refractivity contribution in [2.45, 2.75) is 32.6 Å². The SMILES string of the molecule is CCN(CC1CCCC1)c1ncccc1C(=O)O. The highest BCUT2D eigenvalue weighted by Crippen LogP contribution is 2.27. The summed E-state index contributed by atoms with van der Waals surface area (Å²) in [6.45, 7) is 3.77. The van der Waals surface area contributed by atoms with Gasteiger partial charge in [0.15, 0.2) is 0 Å². The zero-order valence-corrected chi connectivity index (χ0v) is 10.8. The van der Waals surface area contributed by atoms with Gasteiger partial charge in [-0.05, 0) is 37.8 Å². The lowest BCUT2D eigenvalue weighted by Crippen LogP contribution is -2.30. The Bertz CT molecular complexity index is 414. The van der Waals surface area contributed by atoms with Gasteiger partial charge in [0, 0.05) is 19.3 Å². The van der Waals surface area contributed by atoms with Crippen LogP contribution in [-0.2, 0) is 0 Å². The Labute approximate surface area is 108 Å². The van der Waals surface area contributed by atoms with Crippen molar-refractivity contribution in [2.75, 3.05) is 18.0 Å². The van der Waals surface area contributed by atoms with Crippen LogP contribution in [0.5, 0.6) is 0 Å². The molecule has 0 atom stereocenters. The lowest BCUT2D eigenvalue weighted by molar-refractivity contribution is 0.0697. The molecule has 4 nitrogen and oxygen atoms in total. The van der Waals surface area contributed by atoms with Gasteiger partial charge in [-0.1, -0.05) is 12.8 Å². The normalized spacial score (nSPS) is 15.8. The van der Waals surface area contributed by atoms with Crippen LogP contribution >= 0.6 is 0 Å². The predicted molar refractivity (Wildman–Crippen MR) is 71.0 cm³/mol. The average molecular weight is 248 g/mol. The summed E-state index contributed by atoms with van der Waals surface area (Å²) in [5, 5.41) is 9.20. The zero-order valence-electron chi connectivity index (χ0n) is 10.8. The van der Waals surface area contributed by atoms with E-state index < -0.39 is 5.97 Å². The van der Waals surface area contributed by atoms with Gasteiger partial charge in [0.25, 0.3) is 0 Å². The highest BCUT2D eigenvalue weighted by Gasteiger charge is 2.21. The first-order chi connectivity index (χ1) is 8.72. The van der Waals surface area contributed by atoms with Crippen LogP contribution in [0.2, 0.25) is 0 Å². The maximum Gasteiger partial charge on any atom is 0.339 e. The number of hydrogen-bond donors (Lipinski definition) is 1. The van der Waals surface area contributed by atoms with Crippen molar-refractivity contribution in [3.05, 3.63) is 23.9 Å². The minimum atomic E-state index is -0.900. The molecule has 1 aliphatic rings. The molecule has 0 spiro atoms. The summed E-state index contributed by atoms with van der Waals surface area (Å²) < 4.78 is 0. The second kappa shape index (κ2) is 5.85. The summed E-state index contributed by atoms with van der Waals surface area (Å²) in [4.78, 5) is 17.6. The fraction of sp³-hybridized carbons (Fsp3) is 0.571. The number of aromatic carboxylic acids is 1. The largest absolute Gasteiger partial charge is 0.478 e. The van der Waals surface area contributed by atoms with Gasteiger partial charge in [-0.3, -0.25) is 0 Å². The summed E-state index contributed by atoms with van der Waals surface area (Å²) in [6.07, 6.45) is 6.78. The highest BCUT2D eigenvalue weighted by molar-refractivity contribution is 5.93. The molecule has 0 saturated heterocycles. The predicted octanol–water partition coefficient (Wildman–Crippen LogP) is 2.80. The Morgan fingerprint density at radius 3 is 2.83 bits per heavy atom. The molecule has 1 aliphatic carbocycles. The standard InChI is InChI=1S/C14H20N2O2/c1-2-16(10-11-6-3-4-7-11)13-12(14(17)18)8-5-9-15-13/h5,8-9,11H,2-4,6-7,10H2,1H3,(H,17,18). The molecule has 18 heavy (non-hydrogen) atoms. The van der Waals surface area contributed by atoms with Crippen LogP contribution in [0.15, 0.2) is 18.3 Å². The maximum atomic E-state index is 11.2.